The van der Waals surface area contributed by atoms with Crippen molar-refractivity contribution in [3.63, 3.8) is 0 Å². The molecule has 0 aliphatic carbocycles. The Balaban J connectivity index is 0.000000982. The molecule has 0 aromatic heterocycles. The molecule has 0 spiro atoms. The second-order valence-electron chi connectivity index (χ2n) is 5.61. The molecule has 0 bridgehead atoms. The Bertz CT molecular complexity index is 280. The monoisotopic (exact) mass is 290 g/mol. The van der Waals surface area contributed by atoms with Gasteiger partial charge < -0.3 is 10.4 Å². The Hall–Kier alpha value is -0.750. The first-order chi connectivity index (χ1) is 8.85. The van der Waals surface area contributed by atoms with E-state index in [4.69, 9.17) is 9.90 Å². The molecule has 19 heavy (non-hydrogen) atoms. The molecule has 1 heterocycles. The zero-order valence-electron chi connectivity index (χ0n) is 12.3. The van der Waals surface area contributed by atoms with Crippen LogP contribution in [0.5, 0.6) is 0 Å². The number of rotatable bonds is 4. The first kappa shape index (κ1) is 18.2. The van der Waals surface area contributed by atoms with Crippen molar-refractivity contribution < 1.29 is 14.7 Å². The lowest BCUT2D eigenvalue weighted by Gasteiger charge is -2.31. The molecule has 2 N–H and O–H groups in total. The maximum absolute atomic E-state index is 11.3. The number of thioether (sulfide) groups is 1. The summed E-state index contributed by atoms with van der Waals surface area (Å²) in [5.74, 6) is 1.38. The molecule has 1 atom stereocenters. The van der Waals surface area contributed by atoms with Crippen LogP contribution in [0.3, 0.4) is 0 Å². The van der Waals surface area contributed by atoms with Crippen LogP contribution in [-0.2, 0) is 9.59 Å². The lowest BCUT2D eigenvalue weighted by atomic mass is 10.1. The largest absolute Gasteiger partial charge is 0.483 e. The summed E-state index contributed by atoms with van der Waals surface area (Å²) >= 11 is 1.57. The highest BCUT2D eigenvalue weighted by Crippen LogP contribution is 2.23. The van der Waals surface area contributed by atoms with Crippen LogP contribution in [0.2, 0.25) is 0 Å². The van der Waals surface area contributed by atoms with Gasteiger partial charge in [-0.3, -0.25) is 14.5 Å². The van der Waals surface area contributed by atoms with Crippen molar-refractivity contribution in [1.29, 1.82) is 0 Å². The zero-order chi connectivity index (χ0) is 14.9. The maximum Gasteiger partial charge on any atom is 0.290 e. The number of likely N-dealkylation sites (tertiary alicyclic amines) is 1. The van der Waals surface area contributed by atoms with Crippen molar-refractivity contribution in [2.75, 3.05) is 31.6 Å². The highest BCUT2D eigenvalue weighted by Gasteiger charge is 2.29. The number of nitrogens with one attached hydrogen (secondary N) is 1. The van der Waals surface area contributed by atoms with Gasteiger partial charge in [-0.05, 0) is 45.9 Å². The minimum absolute atomic E-state index is 0.168. The minimum atomic E-state index is -0.250. The molecule has 1 rings (SSSR count). The average molecular weight is 290 g/mol. The molecule has 112 valence electrons. The molecule has 5 nitrogen and oxygen atoms in total. The van der Waals surface area contributed by atoms with Gasteiger partial charge in [0.25, 0.3) is 6.47 Å². The third kappa shape index (κ3) is 8.10. The quantitative estimate of drug-likeness (QED) is 0.764. The van der Waals surface area contributed by atoms with Crippen LogP contribution in [0, 0.1) is 5.92 Å². The number of carbonyl (C=O) groups excluding carboxylic acids is 1. The van der Waals surface area contributed by atoms with E-state index in [1.54, 1.807) is 11.8 Å². The van der Waals surface area contributed by atoms with Crippen LogP contribution in [0.4, 0.5) is 0 Å². The number of hydrogen-bond donors (Lipinski definition) is 2. The predicted molar refractivity (Wildman–Crippen MR) is 79.5 cm³/mol. The van der Waals surface area contributed by atoms with Crippen molar-refractivity contribution >= 4 is 24.1 Å². The summed E-state index contributed by atoms with van der Waals surface area (Å²) in [5.41, 5.74) is 0.262. The van der Waals surface area contributed by atoms with Crippen LogP contribution in [0.1, 0.15) is 27.2 Å². The molecule has 1 aliphatic rings. The Labute approximate surface area is 120 Å². The molecule has 1 amide bonds. The third-order valence-electron chi connectivity index (χ3n) is 3.10. The summed E-state index contributed by atoms with van der Waals surface area (Å²) in [6.07, 6.45) is 3.16. The maximum atomic E-state index is 11.3. The lowest BCUT2D eigenvalue weighted by Crippen LogP contribution is -2.40. The second kappa shape index (κ2) is 9.20. The predicted octanol–water partition coefficient (Wildman–Crippen LogP) is 1.29. The van der Waals surface area contributed by atoms with Crippen LogP contribution in [0.25, 0.3) is 0 Å². The smallest absolute Gasteiger partial charge is 0.290 e. The molecule has 6 heteroatoms. The number of nitrogens with zero attached hydrogens (tertiary/aromatic N) is 1. The normalized spacial score (nSPS) is 19.5. The van der Waals surface area contributed by atoms with Crippen molar-refractivity contribution in [2.24, 2.45) is 5.92 Å². The minimum Gasteiger partial charge on any atom is -0.483 e. The lowest BCUT2D eigenvalue weighted by molar-refractivity contribution is -0.123. The van der Waals surface area contributed by atoms with Gasteiger partial charge in [0.1, 0.15) is 0 Å². The zero-order valence-corrected chi connectivity index (χ0v) is 13.1. The van der Waals surface area contributed by atoms with Gasteiger partial charge in [0.05, 0.1) is 5.75 Å². The van der Waals surface area contributed by atoms with E-state index >= 15 is 0 Å². The molecule has 1 saturated heterocycles. The molecule has 0 aromatic carbocycles. The van der Waals surface area contributed by atoms with Gasteiger partial charge >= 0.3 is 0 Å². The van der Waals surface area contributed by atoms with Crippen molar-refractivity contribution in [1.82, 2.24) is 10.2 Å². The van der Waals surface area contributed by atoms with E-state index in [-0.39, 0.29) is 17.9 Å². The Morgan fingerprint density at radius 2 is 2.11 bits per heavy atom. The topological polar surface area (TPSA) is 69.6 Å². The molecule has 0 saturated carbocycles. The van der Waals surface area contributed by atoms with E-state index in [0.29, 0.717) is 11.7 Å². The van der Waals surface area contributed by atoms with Crippen molar-refractivity contribution in [3.05, 3.63) is 0 Å². The van der Waals surface area contributed by atoms with E-state index < -0.39 is 0 Å². The van der Waals surface area contributed by atoms with Gasteiger partial charge in [-0.15, -0.1) is 0 Å². The van der Waals surface area contributed by atoms with Crippen molar-refractivity contribution in [2.45, 2.75) is 32.7 Å². The summed E-state index contributed by atoms with van der Waals surface area (Å²) in [6.45, 7) is 9.62. The van der Waals surface area contributed by atoms with Gasteiger partial charge in [0.15, 0.2) is 0 Å². The summed E-state index contributed by atoms with van der Waals surface area (Å²) < 4.78 is 0. The number of carbonyl (C=O) groups is 2. The van der Waals surface area contributed by atoms with Crippen LogP contribution in [0.15, 0.2) is 0 Å². The van der Waals surface area contributed by atoms with Crippen molar-refractivity contribution in [3.8, 4) is 0 Å². The van der Waals surface area contributed by atoms with Gasteiger partial charge in [-0.2, -0.15) is 11.8 Å². The highest BCUT2D eigenvalue weighted by atomic mass is 32.2. The fraction of sp³-hybridized carbons (Fsp3) is 0.846. The Morgan fingerprint density at radius 1 is 1.53 bits per heavy atom. The summed E-state index contributed by atoms with van der Waals surface area (Å²) in [7, 11) is 0. The van der Waals surface area contributed by atoms with E-state index in [2.05, 4.69) is 31.0 Å². The van der Waals surface area contributed by atoms with E-state index in [1.807, 2.05) is 6.26 Å². The molecule has 0 aromatic rings. The second-order valence-corrected chi connectivity index (χ2v) is 6.48. The molecule has 1 aliphatic heterocycles. The number of carboxylic acid groups (broad SMARTS) is 1. The number of amides is 1. The third-order valence-corrected chi connectivity index (χ3v) is 3.65. The van der Waals surface area contributed by atoms with E-state index in [0.717, 1.165) is 19.6 Å². The fourth-order valence-corrected chi connectivity index (χ4v) is 2.41. The average Bonchev–Trinajstić information content (AvgIpc) is 2.76. The van der Waals surface area contributed by atoms with Gasteiger partial charge in [-0.1, -0.05) is 0 Å². The van der Waals surface area contributed by atoms with Crippen LogP contribution >= 0.6 is 11.8 Å². The van der Waals surface area contributed by atoms with Gasteiger partial charge in [0.2, 0.25) is 5.91 Å². The van der Waals surface area contributed by atoms with Gasteiger partial charge in [-0.25, -0.2) is 0 Å². The molecule has 1 fully saturated rings. The van der Waals surface area contributed by atoms with E-state index in [9.17, 15) is 4.79 Å². The first-order valence-electron chi connectivity index (χ1n) is 6.43. The summed E-state index contributed by atoms with van der Waals surface area (Å²) in [5, 5.41) is 9.90. The van der Waals surface area contributed by atoms with Gasteiger partial charge in [0, 0.05) is 18.6 Å². The fourth-order valence-electron chi connectivity index (χ4n) is 2.05. The molecular weight excluding hydrogens is 264 g/mol. The van der Waals surface area contributed by atoms with Crippen LogP contribution in [-0.4, -0.2) is 59.6 Å². The summed E-state index contributed by atoms with van der Waals surface area (Å²) in [4.78, 5) is 22.2. The number of hydrogen-bond acceptors (Lipinski definition) is 4. The van der Waals surface area contributed by atoms with Crippen LogP contribution < -0.4 is 5.32 Å². The molecular formula is C13H26N2O3S. The SMILES string of the molecule is CSCC(=O)NCC1CCN(C(C)(C)C)C1.O=CO. The molecule has 0 radical (unpaired) electrons. The Morgan fingerprint density at radius 3 is 2.53 bits per heavy atom. The highest BCUT2D eigenvalue weighted by molar-refractivity contribution is 7.99. The Kier molecular flexibility index (Phi) is 8.84. The molecule has 1 unspecified atom stereocenters. The summed E-state index contributed by atoms with van der Waals surface area (Å²) in [6, 6.07) is 0. The standard InChI is InChI=1S/C12H24N2OS.CH2O2/c1-12(2,3)14-6-5-10(8-14)7-13-11(15)9-16-4;2-1-3/h10H,5-9H2,1-4H3,(H,13,15);1H,(H,2,3). The van der Waals surface area contributed by atoms with E-state index in [1.165, 1.54) is 6.42 Å². The first-order valence-corrected chi connectivity index (χ1v) is 7.83.